The Morgan fingerprint density at radius 3 is 2.42 bits per heavy atom. The lowest BCUT2D eigenvalue weighted by Crippen LogP contribution is -2.57. The van der Waals surface area contributed by atoms with Crippen LogP contribution in [-0.4, -0.2) is 67.5 Å². The SMILES string of the molecule is CC(C)c1cc(-c2ccc3c(c2)COCC3)cc(C(C)C)c1CC(=O)NS(=O)(=O)c1cc2n(n1)C[C@@H](N1CC(F)C1)CO2. The Bertz CT molecular complexity index is 1620. The van der Waals surface area contributed by atoms with Crippen LogP contribution < -0.4 is 9.46 Å². The van der Waals surface area contributed by atoms with Gasteiger partial charge < -0.3 is 9.47 Å². The maximum Gasteiger partial charge on any atom is 0.283 e. The Morgan fingerprint density at radius 2 is 1.74 bits per heavy atom. The van der Waals surface area contributed by atoms with E-state index in [1.54, 1.807) is 0 Å². The number of alkyl halides is 1. The van der Waals surface area contributed by atoms with E-state index in [1.807, 2.05) is 4.90 Å². The summed E-state index contributed by atoms with van der Waals surface area (Å²) in [5, 5.41) is 3.94. The van der Waals surface area contributed by atoms with Crippen LogP contribution in [-0.2, 0) is 45.5 Å². The molecule has 1 fully saturated rings. The van der Waals surface area contributed by atoms with Crippen LogP contribution in [0.2, 0.25) is 0 Å². The fourth-order valence-electron chi connectivity index (χ4n) is 6.23. The van der Waals surface area contributed by atoms with Gasteiger partial charge >= 0.3 is 0 Å². The van der Waals surface area contributed by atoms with Crippen molar-refractivity contribution in [2.75, 3.05) is 26.3 Å². The molecule has 1 saturated heterocycles. The van der Waals surface area contributed by atoms with Gasteiger partial charge in [-0.1, -0.05) is 52.0 Å². The van der Waals surface area contributed by atoms with Crippen LogP contribution in [0.3, 0.4) is 0 Å². The van der Waals surface area contributed by atoms with Gasteiger partial charge in [-0.3, -0.25) is 9.69 Å². The number of nitrogens with zero attached hydrogens (tertiary/aromatic N) is 3. The molecule has 0 radical (unpaired) electrons. The highest BCUT2D eigenvalue weighted by Gasteiger charge is 2.36. The molecule has 0 spiro atoms. The zero-order valence-electron chi connectivity index (χ0n) is 25.1. The molecule has 2 aromatic carbocycles. The Hall–Kier alpha value is -3.28. The summed E-state index contributed by atoms with van der Waals surface area (Å²) in [4.78, 5) is 15.3. The molecule has 3 aliphatic heterocycles. The lowest BCUT2D eigenvalue weighted by molar-refractivity contribution is -0.118. The quantitative estimate of drug-likeness (QED) is 0.405. The monoisotopic (exact) mass is 610 g/mol. The maximum atomic E-state index is 13.3. The first-order valence-corrected chi connectivity index (χ1v) is 16.5. The van der Waals surface area contributed by atoms with Gasteiger partial charge in [-0.2, -0.15) is 13.5 Å². The minimum atomic E-state index is -4.23. The number of nitrogens with one attached hydrogen (secondary N) is 1. The van der Waals surface area contributed by atoms with Gasteiger partial charge in [0.05, 0.1) is 32.2 Å². The molecule has 1 N–H and O–H groups in total. The van der Waals surface area contributed by atoms with Crippen LogP contribution >= 0.6 is 0 Å². The molecule has 0 bridgehead atoms. The minimum Gasteiger partial charge on any atom is -0.476 e. The highest BCUT2D eigenvalue weighted by atomic mass is 32.2. The summed E-state index contributed by atoms with van der Waals surface area (Å²) in [6.07, 6.45) is -0.00728. The van der Waals surface area contributed by atoms with Gasteiger partial charge in [0.25, 0.3) is 10.0 Å². The molecule has 4 heterocycles. The number of halogens is 1. The minimum absolute atomic E-state index is 0.0777. The summed E-state index contributed by atoms with van der Waals surface area (Å²) >= 11 is 0. The fourth-order valence-corrected chi connectivity index (χ4v) is 7.17. The first-order chi connectivity index (χ1) is 20.5. The van der Waals surface area contributed by atoms with E-state index in [0.717, 1.165) is 40.8 Å². The van der Waals surface area contributed by atoms with E-state index in [1.165, 1.54) is 21.9 Å². The van der Waals surface area contributed by atoms with Crippen molar-refractivity contribution in [3.05, 3.63) is 64.2 Å². The second kappa shape index (κ2) is 11.7. The summed E-state index contributed by atoms with van der Waals surface area (Å²) in [6.45, 7) is 11.1. The molecule has 1 aromatic heterocycles. The molecule has 6 rings (SSSR count). The smallest absolute Gasteiger partial charge is 0.283 e. The van der Waals surface area contributed by atoms with Crippen molar-refractivity contribution in [1.82, 2.24) is 19.4 Å². The molecule has 11 heteroatoms. The number of fused-ring (bicyclic) bond motifs is 2. The summed E-state index contributed by atoms with van der Waals surface area (Å²) in [7, 11) is -4.23. The van der Waals surface area contributed by atoms with Crippen LogP contribution in [0.4, 0.5) is 4.39 Å². The predicted molar refractivity (Wildman–Crippen MR) is 160 cm³/mol. The van der Waals surface area contributed by atoms with E-state index in [0.29, 0.717) is 38.7 Å². The van der Waals surface area contributed by atoms with E-state index in [-0.39, 0.29) is 29.3 Å². The Kier molecular flexibility index (Phi) is 8.08. The molecule has 1 atom stereocenters. The molecule has 9 nitrogen and oxygen atoms in total. The number of benzene rings is 2. The molecule has 230 valence electrons. The van der Waals surface area contributed by atoms with Crippen molar-refractivity contribution in [1.29, 1.82) is 0 Å². The average Bonchev–Trinajstić information content (AvgIpc) is 3.39. The number of aromatic nitrogens is 2. The summed E-state index contributed by atoms with van der Waals surface area (Å²) in [6, 6.07) is 12.0. The van der Waals surface area contributed by atoms with E-state index in [9.17, 15) is 17.6 Å². The molecular formula is C32H39FN4O5S. The number of amides is 1. The van der Waals surface area contributed by atoms with Gasteiger partial charge in [0.2, 0.25) is 16.8 Å². The number of hydrogen-bond acceptors (Lipinski definition) is 7. The van der Waals surface area contributed by atoms with Crippen LogP contribution in [0.15, 0.2) is 41.4 Å². The third-order valence-corrected chi connectivity index (χ3v) is 9.89. The molecule has 0 unspecified atom stereocenters. The van der Waals surface area contributed by atoms with E-state index in [4.69, 9.17) is 9.47 Å². The normalized spacial score (nSPS) is 19.1. The Balaban J connectivity index is 1.23. The van der Waals surface area contributed by atoms with Crippen LogP contribution in [0.1, 0.15) is 67.3 Å². The van der Waals surface area contributed by atoms with E-state index in [2.05, 4.69) is 67.8 Å². The standard InChI is InChI=1S/C32H39FN4O5S/c1-19(2)27-10-23(22-6-5-21-7-8-41-17-24(21)9-22)11-28(20(3)4)29(27)12-30(38)35-43(39,40)31-13-32-37(34-31)16-26(18-42-32)36-14-25(33)15-36/h5-6,9-11,13,19-20,25-26H,7-8,12,14-18H2,1-4H3,(H,35,38)/t26-/m1/s1. The second-order valence-corrected chi connectivity index (χ2v) is 14.1. The van der Waals surface area contributed by atoms with Crippen LogP contribution in [0.5, 0.6) is 5.88 Å². The molecule has 0 aliphatic carbocycles. The topological polar surface area (TPSA) is 103 Å². The highest BCUT2D eigenvalue weighted by molar-refractivity contribution is 7.90. The van der Waals surface area contributed by atoms with Crippen molar-refractivity contribution in [2.24, 2.45) is 0 Å². The zero-order valence-corrected chi connectivity index (χ0v) is 25.9. The van der Waals surface area contributed by atoms with E-state index >= 15 is 0 Å². The van der Waals surface area contributed by atoms with Crippen molar-refractivity contribution >= 4 is 15.9 Å². The zero-order chi connectivity index (χ0) is 30.5. The number of hydrogen-bond donors (Lipinski definition) is 1. The van der Waals surface area contributed by atoms with Crippen LogP contribution in [0, 0.1) is 0 Å². The van der Waals surface area contributed by atoms with Gasteiger partial charge in [-0.15, -0.1) is 0 Å². The summed E-state index contributed by atoms with van der Waals surface area (Å²) < 4.78 is 54.9. The molecule has 43 heavy (non-hydrogen) atoms. The second-order valence-electron chi connectivity index (χ2n) is 12.5. The first kappa shape index (κ1) is 29.8. The van der Waals surface area contributed by atoms with Gasteiger partial charge in [0.15, 0.2) is 0 Å². The van der Waals surface area contributed by atoms with Crippen molar-refractivity contribution in [3.63, 3.8) is 0 Å². The lowest BCUT2D eigenvalue weighted by Gasteiger charge is -2.41. The average molecular weight is 611 g/mol. The van der Waals surface area contributed by atoms with Crippen molar-refractivity contribution in [2.45, 2.75) is 82.8 Å². The van der Waals surface area contributed by atoms with Gasteiger partial charge in [-0.25, -0.2) is 13.8 Å². The Morgan fingerprint density at radius 1 is 1.02 bits per heavy atom. The summed E-state index contributed by atoms with van der Waals surface area (Å²) in [5.74, 6) is -0.0829. The lowest BCUT2D eigenvalue weighted by atomic mass is 9.83. The number of carbonyl (C=O) groups excluding carboxylic acids is 1. The Labute approximate surface area is 252 Å². The van der Waals surface area contributed by atoms with Crippen molar-refractivity contribution in [3.8, 4) is 17.0 Å². The van der Waals surface area contributed by atoms with Gasteiger partial charge in [0.1, 0.15) is 12.8 Å². The van der Waals surface area contributed by atoms with E-state index < -0.39 is 22.1 Å². The number of carbonyl (C=O) groups is 1. The number of likely N-dealkylation sites (tertiary alicyclic amines) is 1. The first-order valence-electron chi connectivity index (χ1n) is 15.0. The third kappa shape index (κ3) is 6.07. The molecule has 3 aliphatic rings. The number of ether oxygens (including phenoxy) is 2. The number of rotatable bonds is 8. The summed E-state index contributed by atoms with van der Waals surface area (Å²) in [5.41, 5.74) is 7.55. The molecule has 1 amide bonds. The van der Waals surface area contributed by atoms with Gasteiger partial charge in [0, 0.05) is 19.2 Å². The molecule has 3 aromatic rings. The largest absolute Gasteiger partial charge is 0.476 e. The third-order valence-electron chi connectivity index (χ3n) is 8.65. The maximum absolute atomic E-state index is 13.3. The van der Waals surface area contributed by atoms with Crippen molar-refractivity contribution < 1.29 is 27.1 Å². The number of sulfonamides is 1. The fraction of sp³-hybridized carbons (Fsp3) is 0.500. The molecular weight excluding hydrogens is 571 g/mol. The highest BCUT2D eigenvalue weighted by Crippen LogP contribution is 2.35. The van der Waals surface area contributed by atoms with Crippen LogP contribution in [0.25, 0.3) is 11.1 Å². The molecule has 0 saturated carbocycles. The van der Waals surface area contributed by atoms with Gasteiger partial charge in [-0.05, 0) is 63.3 Å². The predicted octanol–water partition coefficient (Wildman–Crippen LogP) is 4.33.